The van der Waals surface area contributed by atoms with Crippen LogP contribution in [0.3, 0.4) is 0 Å². The average Bonchev–Trinajstić information content (AvgIpc) is 2.96. The van der Waals surface area contributed by atoms with E-state index in [2.05, 4.69) is 5.10 Å². The minimum Gasteiger partial charge on any atom is -0.480 e. The molecular weight excluding hydrogens is 316 g/mol. The van der Waals surface area contributed by atoms with Gasteiger partial charge in [-0.3, -0.25) is 0 Å². The minimum absolute atomic E-state index is 0. The molecule has 1 N–H and O–H groups in total. The fourth-order valence-electron chi connectivity index (χ4n) is 2.33. The Bertz CT molecular complexity index is 801. The molecule has 2 aromatic carbocycles. The van der Waals surface area contributed by atoms with Crippen LogP contribution in [0.25, 0.3) is 16.9 Å². The van der Waals surface area contributed by atoms with Crippen molar-refractivity contribution >= 4 is 18.4 Å². The smallest absolute Gasteiger partial charge is 0.343 e. The molecule has 1 heterocycles. The number of hydrogen-bond donors (Lipinski definition) is 1. The summed E-state index contributed by atoms with van der Waals surface area (Å²) in [6.07, 6.45) is 0. The van der Waals surface area contributed by atoms with Crippen molar-refractivity contribution in [3.8, 4) is 22.8 Å². The first-order chi connectivity index (χ1) is 10.7. The average molecular weight is 331 g/mol. The Balaban J connectivity index is 0.00000192. The van der Waals surface area contributed by atoms with E-state index in [0.29, 0.717) is 5.69 Å². The number of carbonyl (C=O) groups is 1. The zero-order chi connectivity index (χ0) is 15.5. The van der Waals surface area contributed by atoms with Crippen molar-refractivity contribution in [2.24, 2.45) is 0 Å². The van der Waals surface area contributed by atoms with Crippen LogP contribution >= 0.6 is 12.4 Å². The normalized spacial score (nSPS) is 9.96. The number of rotatable bonds is 4. The Kier molecular flexibility index (Phi) is 5.03. The van der Waals surface area contributed by atoms with Gasteiger partial charge in [-0.2, -0.15) is 9.78 Å². The minimum atomic E-state index is -1.07. The van der Waals surface area contributed by atoms with E-state index >= 15 is 0 Å². The second-order valence-electron chi connectivity index (χ2n) is 4.65. The monoisotopic (exact) mass is 330 g/mol. The molecule has 0 saturated heterocycles. The second-order valence-corrected chi connectivity index (χ2v) is 4.65. The van der Waals surface area contributed by atoms with Gasteiger partial charge in [-0.15, -0.1) is 12.4 Å². The highest BCUT2D eigenvalue weighted by Gasteiger charge is 2.26. The molecule has 0 aliphatic carbocycles. The van der Waals surface area contributed by atoms with E-state index < -0.39 is 5.97 Å². The first-order valence-electron chi connectivity index (χ1n) is 6.73. The molecule has 5 nitrogen and oxygen atoms in total. The summed E-state index contributed by atoms with van der Waals surface area (Å²) >= 11 is 0. The van der Waals surface area contributed by atoms with Crippen LogP contribution in [0.2, 0.25) is 0 Å². The SMILES string of the molecule is COc1c(C(=O)O)c(-c2ccccc2)nn1-c1ccccc1.Cl. The number of benzene rings is 2. The lowest BCUT2D eigenvalue weighted by Gasteiger charge is -2.06. The largest absolute Gasteiger partial charge is 0.480 e. The Labute approximate surface area is 139 Å². The topological polar surface area (TPSA) is 64.3 Å². The lowest BCUT2D eigenvalue weighted by Crippen LogP contribution is -2.03. The van der Waals surface area contributed by atoms with E-state index in [1.165, 1.54) is 11.8 Å². The summed E-state index contributed by atoms with van der Waals surface area (Å²) in [5.74, 6) is -0.865. The fourth-order valence-corrected chi connectivity index (χ4v) is 2.33. The van der Waals surface area contributed by atoms with Gasteiger partial charge >= 0.3 is 5.97 Å². The predicted molar refractivity (Wildman–Crippen MR) is 89.8 cm³/mol. The molecule has 0 fully saturated rings. The van der Waals surface area contributed by atoms with E-state index in [9.17, 15) is 9.90 Å². The zero-order valence-corrected chi connectivity index (χ0v) is 13.2. The highest BCUT2D eigenvalue weighted by atomic mass is 35.5. The maximum absolute atomic E-state index is 11.7. The van der Waals surface area contributed by atoms with Crippen LogP contribution in [0.5, 0.6) is 5.88 Å². The quantitative estimate of drug-likeness (QED) is 0.792. The molecule has 0 spiro atoms. The van der Waals surface area contributed by atoms with E-state index in [1.54, 1.807) is 0 Å². The fraction of sp³-hybridized carbons (Fsp3) is 0.0588. The molecule has 0 atom stereocenters. The van der Waals surface area contributed by atoms with Gasteiger partial charge in [-0.05, 0) is 12.1 Å². The van der Waals surface area contributed by atoms with Crippen LogP contribution in [0.4, 0.5) is 0 Å². The number of carboxylic acid groups (broad SMARTS) is 1. The van der Waals surface area contributed by atoms with Crippen LogP contribution < -0.4 is 4.74 Å². The highest BCUT2D eigenvalue weighted by Crippen LogP contribution is 2.32. The van der Waals surface area contributed by atoms with Gasteiger partial charge in [-0.25, -0.2) is 4.79 Å². The molecule has 3 rings (SSSR count). The molecule has 0 unspecified atom stereocenters. The number of methoxy groups -OCH3 is 1. The van der Waals surface area contributed by atoms with Crippen molar-refractivity contribution in [3.05, 3.63) is 66.2 Å². The van der Waals surface area contributed by atoms with Crippen LogP contribution in [0.15, 0.2) is 60.7 Å². The summed E-state index contributed by atoms with van der Waals surface area (Å²) in [7, 11) is 1.44. The molecule has 0 aliphatic rings. The van der Waals surface area contributed by atoms with Gasteiger partial charge in [0.15, 0.2) is 0 Å². The van der Waals surface area contributed by atoms with Gasteiger partial charge in [0.25, 0.3) is 0 Å². The third-order valence-corrected chi connectivity index (χ3v) is 3.30. The maximum atomic E-state index is 11.7. The van der Waals surface area contributed by atoms with Crippen molar-refractivity contribution in [2.45, 2.75) is 0 Å². The maximum Gasteiger partial charge on any atom is 0.343 e. The molecule has 0 amide bonds. The van der Waals surface area contributed by atoms with Crippen LogP contribution in [0.1, 0.15) is 10.4 Å². The van der Waals surface area contributed by atoms with Gasteiger partial charge in [0, 0.05) is 5.56 Å². The summed E-state index contributed by atoms with van der Waals surface area (Å²) in [5.41, 5.74) is 1.91. The summed E-state index contributed by atoms with van der Waals surface area (Å²) in [4.78, 5) is 11.7. The summed E-state index contributed by atoms with van der Waals surface area (Å²) < 4.78 is 6.82. The van der Waals surface area contributed by atoms with Gasteiger partial charge in [0.2, 0.25) is 5.88 Å². The molecule has 0 saturated carbocycles. The predicted octanol–water partition coefficient (Wildman–Crippen LogP) is 3.67. The lowest BCUT2D eigenvalue weighted by molar-refractivity contribution is 0.0694. The molecule has 6 heteroatoms. The number of ether oxygens (including phenoxy) is 1. The van der Waals surface area contributed by atoms with Crippen LogP contribution in [-0.2, 0) is 0 Å². The lowest BCUT2D eigenvalue weighted by atomic mass is 10.1. The Morgan fingerprint density at radius 2 is 1.61 bits per heavy atom. The molecule has 0 bridgehead atoms. The van der Waals surface area contributed by atoms with Gasteiger partial charge in [-0.1, -0.05) is 48.5 Å². The number of halogens is 1. The Morgan fingerprint density at radius 1 is 1.04 bits per heavy atom. The molecule has 3 aromatic rings. The molecule has 118 valence electrons. The van der Waals surface area contributed by atoms with E-state index in [0.717, 1.165) is 11.3 Å². The van der Waals surface area contributed by atoms with Crippen molar-refractivity contribution < 1.29 is 14.6 Å². The van der Waals surface area contributed by atoms with Gasteiger partial charge < -0.3 is 9.84 Å². The van der Waals surface area contributed by atoms with Crippen molar-refractivity contribution in [1.82, 2.24) is 9.78 Å². The summed E-state index contributed by atoms with van der Waals surface area (Å²) in [6.45, 7) is 0. The first-order valence-corrected chi connectivity index (χ1v) is 6.73. The van der Waals surface area contributed by atoms with Crippen molar-refractivity contribution in [2.75, 3.05) is 7.11 Å². The molecule has 0 radical (unpaired) electrons. The number of carboxylic acids is 1. The molecule has 23 heavy (non-hydrogen) atoms. The summed E-state index contributed by atoms with van der Waals surface area (Å²) in [5, 5.41) is 14.0. The molecule has 1 aromatic heterocycles. The molecule has 0 aliphatic heterocycles. The third-order valence-electron chi connectivity index (χ3n) is 3.30. The van der Waals surface area contributed by atoms with Crippen molar-refractivity contribution in [1.29, 1.82) is 0 Å². The number of aromatic nitrogens is 2. The van der Waals surface area contributed by atoms with Gasteiger partial charge in [0.1, 0.15) is 11.3 Å². The number of nitrogens with zero attached hydrogens (tertiary/aromatic N) is 2. The van der Waals surface area contributed by atoms with Crippen LogP contribution in [-0.4, -0.2) is 28.0 Å². The van der Waals surface area contributed by atoms with E-state index in [1.807, 2.05) is 60.7 Å². The van der Waals surface area contributed by atoms with Crippen molar-refractivity contribution in [3.63, 3.8) is 0 Å². The zero-order valence-electron chi connectivity index (χ0n) is 12.3. The highest BCUT2D eigenvalue weighted by molar-refractivity contribution is 5.97. The van der Waals surface area contributed by atoms with E-state index in [4.69, 9.17) is 4.74 Å². The third kappa shape index (κ3) is 3.05. The summed E-state index contributed by atoms with van der Waals surface area (Å²) in [6, 6.07) is 18.5. The van der Waals surface area contributed by atoms with E-state index in [-0.39, 0.29) is 23.9 Å². The van der Waals surface area contributed by atoms with Gasteiger partial charge in [0.05, 0.1) is 12.8 Å². The Morgan fingerprint density at radius 3 is 2.13 bits per heavy atom. The number of para-hydroxylation sites is 1. The number of hydrogen-bond acceptors (Lipinski definition) is 3. The number of aromatic carboxylic acids is 1. The second kappa shape index (κ2) is 6.98. The first kappa shape index (κ1) is 16.6. The Hall–Kier alpha value is -2.79. The standard InChI is InChI=1S/C17H14N2O3.ClH/c1-22-16-14(17(20)21)15(12-8-4-2-5-9-12)18-19(16)13-10-6-3-7-11-13;/h2-11H,1H3,(H,20,21);1H. The van der Waals surface area contributed by atoms with Crippen LogP contribution in [0, 0.1) is 0 Å². The molecular formula is C17H15ClN2O3.